The van der Waals surface area contributed by atoms with E-state index in [4.69, 9.17) is 9.47 Å². The van der Waals surface area contributed by atoms with Crippen molar-refractivity contribution >= 4 is 16.9 Å². The Bertz CT molecular complexity index is 1100. The molecule has 0 N–H and O–H groups in total. The SMILES string of the molecule is COc1ccc2c(c1)c(CC(=O)OCc1ccccc1)cn2Cc1ccccc1. The lowest BCUT2D eigenvalue weighted by molar-refractivity contribution is -0.144. The summed E-state index contributed by atoms with van der Waals surface area (Å²) in [6, 6.07) is 26.0. The summed E-state index contributed by atoms with van der Waals surface area (Å²) in [7, 11) is 1.65. The van der Waals surface area contributed by atoms with Gasteiger partial charge in [-0.05, 0) is 34.9 Å². The number of nitrogens with zero attached hydrogens (tertiary/aromatic N) is 1. The van der Waals surface area contributed by atoms with Crippen LogP contribution in [0.4, 0.5) is 0 Å². The highest BCUT2D eigenvalue weighted by Gasteiger charge is 2.14. The van der Waals surface area contributed by atoms with Crippen molar-refractivity contribution in [3.05, 3.63) is 102 Å². The third-order valence-electron chi connectivity index (χ3n) is 4.94. The van der Waals surface area contributed by atoms with Crippen molar-refractivity contribution in [3.63, 3.8) is 0 Å². The molecule has 4 heteroatoms. The van der Waals surface area contributed by atoms with E-state index in [1.54, 1.807) is 7.11 Å². The van der Waals surface area contributed by atoms with Crippen LogP contribution in [0.2, 0.25) is 0 Å². The van der Waals surface area contributed by atoms with Crippen LogP contribution in [0.5, 0.6) is 5.75 Å². The maximum Gasteiger partial charge on any atom is 0.310 e. The Morgan fingerprint density at radius 1 is 0.897 bits per heavy atom. The van der Waals surface area contributed by atoms with Crippen molar-refractivity contribution in [3.8, 4) is 5.75 Å². The fourth-order valence-corrected chi connectivity index (χ4v) is 3.47. The van der Waals surface area contributed by atoms with E-state index in [0.717, 1.165) is 34.3 Å². The predicted molar refractivity (Wildman–Crippen MR) is 114 cm³/mol. The van der Waals surface area contributed by atoms with E-state index >= 15 is 0 Å². The fraction of sp³-hybridized carbons (Fsp3) is 0.160. The van der Waals surface area contributed by atoms with Crippen LogP contribution < -0.4 is 4.74 Å². The standard InChI is InChI=1S/C25H23NO3/c1-28-22-12-13-24-23(15-22)21(17-26(24)16-19-8-4-2-5-9-19)14-25(27)29-18-20-10-6-3-7-11-20/h2-13,15,17H,14,16,18H2,1H3. The lowest BCUT2D eigenvalue weighted by Gasteiger charge is -2.06. The fourth-order valence-electron chi connectivity index (χ4n) is 3.47. The van der Waals surface area contributed by atoms with Crippen molar-refractivity contribution in [2.45, 2.75) is 19.6 Å². The zero-order chi connectivity index (χ0) is 20.1. The van der Waals surface area contributed by atoms with Crippen LogP contribution in [0, 0.1) is 0 Å². The van der Waals surface area contributed by atoms with Crippen molar-refractivity contribution in [2.75, 3.05) is 7.11 Å². The summed E-state index contributed by atoms with van der Waals surface area (Å²) in [5.41, 5.74) is 4.20. The van der Waals surface area contributed by atoms with Gasteiger partial charge in [0.2, 0.25) is 0 Å². The lowest BCUT2D eigenvalue weighted by atomic mass is 10.1. The number of carbonyl (C=O) groups is 1. The van der Waals surface area contributed by atoms with Crippen LogP contribution in [0.1, 0.15) is 16.7 Å². The Balaban J connectivity index is 1.58. The number of rotatable bonds is 7. The lowest BCUT2D eigenvalue weighted by Crippen LogP contribution is -2.07. The first kappa shape index (κ1) is 18.8. The van der Waals surface area contributed by atoms with E-state index in [-0.39, 0.29) is 19.0 Å². The van der Waals surface area contributed by atoms with Gasteiger partial charge in [0, 0.05) is 23.6 Å². The molecule has 0 atom stereocenters. The number of hydrogen-bond acceptors (Lipinski definition) is 3. The monoisotopic (exact) mass is 385 g/mol. The van der Waals surface area contributed by atoms with E-state index < -0.39 is 0 Å². The normalized spacial score (nSPS) is 10.8. The van der Waals surface area contributed by atoms with Gasteiger partial charge >= 0.3 is 5.97 Å². The van der Waals surface area contributed by atoms with Crippen LogP contribution in [-0.2, 0) is 29.1 Å². The zero-order valence-electron chi connectivity index (χ0n) is 16.4. The van der Waals surface area contributed by atoms with E-state index in [9.17, 15) is 4.79 Å². The molecule has 0 saturated carbocycles. The first-order chi connectivity index (χ1) is 14.2. The first-order valence-corrected chi connectivity index (χ1v) is 9.62. The molecule has 0 saturated heterocycles. The van der Waals surface area contributed by atoms with Gasteiger partial charge in [0.25, 0.3) is 0 Å². The molecular weight excluding hydrogens is 362 g/mol. The molecule has 0 aliphatic heterocycles. The van der Waals surface area contributed by atoms with Gasteiger partial charge in [-0.15, -0.1) is 0 Å². The Morgan fingerprint density at radius 2 is 1.59 bits per heavy atom. The van der Waals surface area contributed by atoms with E-state index in [1.807, 2.05) is 72.9 Å². The van der Waals surface area contributed by atoms with E-state index in [0.29, 0.717) is 0 Å². The second-order valence-electron chi connectivity index (χ2n) is 6.97. The third kappa shape index (κ3) is 4.49. The van der Waals surface area contributed by atoms with Crippen molar-refractivity contribution < 1.29 is 14.3 Å². The van der Waals surface area contributed by atoms with E-state index in [1.165, 1.54) is 5.56 Å². The summed E-state index contributed by atoms with van der Waals surface area (Å²) in [4.78, 5) is 12.5. The molecule has 1 aromatic heterocycles. The van der Waals surface area contributed by atoms with Crippen molar-refractivity contribution in [2.24, 2.45) is 0 Å². The maximum absolute atomic E-state index is 12.5. The zero-order valence-corrected chi connectivity index (χ0v) is 16.4. The maximum atomic E-state index is 12.5. The van der Waals surface area contributed by atoms with Gasteiger partial charge in [-0.3, -0.25) is 4.79 Å². The van der Waals surface area contributed by atoms with Crippen LogP contribution in [0.25, 0.3) is 10.9 Å². The van der Waals surface area contributed by atoms with Gasteiger partial charge in [-0.2, -0.15) is 0 Å². The topological polar surface area (TPSA) is 40.5 Å². The number of hydrogen-bond donors (Lipinski definition) is 0. The highest BCUT2D eigenvalue weighted by molar-refractivity contribution is 5.89. The number of fused-ring (bicyclic) bond motifs is 1. The number of ether oxygens (including phenoxy) is 2. The number of aromatic nitrogens is 1. The number of methoxy groups -OCH3 is 1. The molecule has 0 amide bonds. The highest BCUT2D eigenvalue weighted by Crippen LogP contribution is 2.27. The molecule has 146 valence electrons. The van der Waals surface area contributed by atoms with Crippen LogP contribution >= 0.6 is 0 Å². The van der Waals surface area contributed by atoms with Gasteiger partial charge in [0.1, 0.15) is 12.4 Å². The van der Waals surface area contributed by atoms with Gasteiger partial charge < -0.3 is 14.0 Å². The highest BCUT2D eigenvalue weighted by atomic mass is 16.5. The minimum Gasteiger partial charge on any atom is -0.497 e. The van der Waals surface area contributed by atoms with Crippen LogP contribution in [0.15, 0.2) is 85.1 Å². The summed E-state index contributed by atoms with van der Waals surface area (Å²) >= 11 is 0. The summed E-state index contributed by atoms with van der Waals surface area (Å²) in [5.74, 6) is 0.532. The molecule has 4 nitrogen and oxygen atoms in total. The summed E-state index contributed by atoms with van der Waals surface area (Å²) < 4.78 is 13.0. The van der Waals surface area contributed by atoms with Crippen LogP contribution in [0.3, 0.4) is 0 Å². The summed E-state index contributed by atoms with van der Waals surface area (Å²) in [6.07, 6.45) is 2.26. The summed E-state index contributed by atoms with van der Waals surface area (Å²) in [5, 5.41) is 1.01. The molecule has 0 radical (unpaired) electrons. The number of carbonyl (C=O) groups excluding carboxylic acids is 1. The second-order valence-corrected chi connectivity index (χ2v) is 6.97. The Labute approximate surface area is 170 Å². The van der Waals surface area contributed by atoms with Gasteiger partial charge in [0.15, 0.2) is 0 Å². The molecule has 0 spiro atoms. The molecule has 0 aliphatic carbocycles. The third-order valence-corrected chi connectivity index (χ3v) is 4.94. The van der Waals surface area contributed by atoms with Gasteiger partial charge in [0.05, 0.1) is 13.5 Å². The molecule has 29 heavy (non-hydrogen) atoms. The Hall–Kier alpha value is -3.53. The molecule has 3 aromatic carbocycles. The minimum absolute atomic E-state index is 0.221. The number of esters is 1. The molecule has 0 fully saturated rings. The Morgan fingerprint density at radius 3 is 2.28 bits per heavy atom. The van der Waals surface area contributed by atoms with Crippen molar-refractivity contribution in [1.82, 2.24) is 4.57 Å². The first-order valence-electron chi connectivity index (χ1n) is 9.62. The predicted octanol–water partition coefficient (Wildman–Crippen LogP) is 4.98. The Kier molecular flexibility index (Phi) is 5.61. The van der Waals surface area contributed by atoms with Crippen molar-refractivity contribution in [1.29, 1.82) is 0 Å². The van der Waals surface area contributed by atoms with Gasteiger partial charge in [-0.1, -0.05) is 60.7 Å². The average Bonchev–Trinajstić information content (AvgIpc) is 3.10. The second kappa shape index (κ2) is 8.65. The molecular formula is C25H23NO3. The molecule has 0 aliphatic rings. The molecule has 0 bridgehead atoms. The smallest absolute Gasteiger partial charge is 0.310 e. The molecule has 1 heterocycles. The van der Waals surface area contributed by atoms with Gasteiger partial charge in [-0.25, -0.2) is 0 Å². The molecule has 4 rings (SSSR count). The van der Waals surface area contributed by atoms with E-state index in [2.05, 4.69) is 16.7 Å². The number of benzene rings is 3. The minimum atomic E-state index is -0.240. The molecule has 0 unspecified atom stereocenters. The summed E-state index contributed by atoms with van der Waals surface area (Å²) in [6.45, 7) is 1.02. The molecule has 4 aromatic rings. The largest absolute Gasteiger partial charge is 0.497 e. The average molecular weight is 385 g/mol. The van der Waals surface area contributed by atoms with Crippen LogP contribution in [-0.4, -0.2) is 17.6 Å². The quantitative estimate of drug-likeness (QED) is 0.421.